The van der Waals surface area contributed by atoms with Crippen molar-refractivity contribution in [1.82, 2.24) is 15.5 Å². The second-order valence-electron chi connectivity index (χ2n) is 5.96. The summed E-state index contributed by atoms with van der Waals surface area (Å²) in [6.45, 7) is 1.93. The van der Waals surface area contributed by atoms with Gasteiger partial charge in [0.25, 0.3) is 0 Å². The van der Waals surface area contributed by atoms with Crippen LogP contribution < -0.4 is 10.6 Å². The molecular weight excluding hydrogens is 278 g/mol. The number of likely N-dealkylation sites (N-methyl/N-ethyl adjacent to an activating group) is 1. The van der Waals surface area contributed by atoms with Crippen molar-refractivity contribution in [3.8, 4) is 0 Å². The van der Waals surface area contributed by atoms with Crippen molar-refractivity contribution in [2.45, 2.75) is 37.8 Å². The van der Waals surface area contributed by atoms with Crippen LogP contribution in [0.3, 0.4) is 0 Å². The first-order chi connectivity index (χ1) is 10.7. The second kappa shape index (κ2) is 8.76. The summed E-state index contributed by atoms with van der Waals surface area (Å²) in [5.41, 5.74) is 1.07. The van der Waals surface area contributed by atoms with Gasteiger partial charge in [0.05, 0.1) is 6.04 Å². The fourth-order valence-electron chi connectivity index (χ4n) is 2.96. The van der Waals surface area contributed by atoms with Crippen LogP contribution in [0.2, 0.25) is 0 Å². The number of nitrogens with one attached hydrogen (secondary N) is 2. The summed E-state index contributed by atoms with van der Waals surface area (Å²) in [5.74, 6) is 0. The van der Waals surface area contributed by atoms with Crippen LogP contribution in [-0.4, -0.2) is 48.8 Å². The molecular formula is C17H27N3O2. The Morgan fingerprint density at radius 2 is 2.18 bits per heavy atom. The zero-order chi connectivity index (χ0) is 15.8. The molecule has 22 heavy (non-hydrogen) atoms. The molecule has 1 heterocycles. The van der Waals surface area contributed by atoms with E-state index in [1.54, 1.807) is 0 Å². The number of urea groups is 1. The molecule has 5 nitrogen and oxygen atoms in total. The predicted octanol–water partition coefficient (Wildman–Crippen LogP) is 1.89. The summed E-state index contributed by atoms with van der Waals surface area (Å²) >= 11 is 0. The van der Waals surface area contributed by atoms with Gasteiger partial charge in [-0.2, -0.15) is 0 Å². The topological polar surface area (TPSA) is 64.6 Å². The van der Waals surface area contributed by atoms with Crippen LogP contribution in [0, 0.1) is 0 Å². The molecule has 122 valence electrons. The molecule has 2 atom stereocenters. The van der Waals surface area contributed by atoms with Gasteiger partial charge < -0.3 is 20.6 Å². The Balaban J connectivity index is 1.85. The van der Waals surface area contributed by atoms with Gasteiger partial charge in [0.1, 0.15) is 0 Å². The van der Waals surface area contributed by atoms with Crippen molar-refractivity contribution in [3.63, 3.8) is 0 Å². The largest absolute Gasteiger partial charge is 0.396 e. The molecule has 0 saturated carbocycles. The fraction of sp³-hybridized carbons (Fsp3) is 0.588. The van der Waals surface area contributed by atoms with Crippen molar-refractivity contribution in [3.05, 3.63) is 35.9 Å². The molecule has 0 aliphatic carbocycles. The Morgan fingerprint density at radius 3 is 2.82 bits per heavy atom. The molecule has 0 spiro atoms. The Morgan fingerprint density at radius 1 is 1.41 bits per heavy atom. The molecule has 1 saturated heterocycles. The molecule has 2 amide bonds. The average molecular weight is 305 g/mol. The molecule has 0 radical (unpaired) electrons. The van der Waals surface area contributed by atoms with E-state index in [0.717, 1.165) is 24.9 Å². The lowest BCUT2D eigenvalue weighted by Gasteiger charge is -2.22. The van der Waals surface area contributed by atoms with Crippen molar-refractivity contribution < 1.29 is 9.90 Å². The number of aliphatic hydroxyl groups excluding tert-OH is 1. The van der Waals surface area contributed by atoms with Gasteiger partial charge >= 0.3 is 6.03 Å². The molecule has 1 aromatic carbocycles. The van der Waals surface area contributed by atoms with E-state index in [1.807, 2.05) is 30.3 Å². The molecule has 1 aromatic rings. The smallest absolute Gasteiger partial charge is 0.315 e. The van der Waals surface area contributed by atoms with E-state index in [0.29, 0.717) is 19.0 Å². The van der Waals surface area contributed by atoms with Gasteiger partial charge in [-0.15, -0.1) is 0 Å². The van der Waals surface area contributed by atoms with E-state index in [4.69, 9.17) is 5.11 Å². The number of nitrogens with zero attached hydrogens (tertiary/aromatic N) is 1. The highest BCUT2D eigenvalue weighted by Crippen LogP contribution is 2.18. The van der Waals surface area contributed by atoms with E-state index in [1.165, 1.54) is 6.42 Å². The standard InChI is InChI=1S/C17H27N3O2/c1-20-11-5-9-15(20)13-18-17(22)19-16(10-6-12-21)14-7-3-2-4-8-14/h2-4,7-8,15-16,21H,5-6,9-13H2,1H3,(H2,18,19,22). The molecule has 1 fully saturated rings. The minimum Gasteiger partial charge on any atom is -0.396 e. The van der Waals surface area contributed by atoms with Gasteiger partial charge in [-0.3, -0.25) is 0 Å². The number of hydrogen-bond acceptors (Lipinski definition) is 3. The minimum absolute atomic E-state index is 0.0605. The van der Waals surface area contributed by atoms with E-state index in [2.05, 4.69) is 22.6 Å². The lowest BCUT2D eigenvalue weighted by atomic mass is 10.0. The number of carbonyl (C=O) groups is 1. The van der Waals surface area contributed by atoms with Crippen LogP contribution in [0.15, 0.2) is 30.3 Å². The zero-order valence-corrected chi connectivity index (χ0v) is 13.3. The third-order valence-electron chi connectivity index (χ3n) is 4.33. The fourth-order valence-corrected chi connectivity index (χ4v) is 2.96. The summed E-state index contributed by atoms with van der Waals surface area (Å²) < 4.78 is 0. The molecule has 1 aliphatic rings. The summed E-state index contributed by atoms with van der Waals surface area (Å²) in [6, 6.07) is 10.2. The van der Waals surface area contributed by atoms with Gasteiger partial charge in [0.15, 0.2) is 0 Å². The second-order valence-corrected chi connectivity index (χ2v) is 5.96. The quantitative estimate of drug-likeness (QED) is 0.721. The Hall–Kier alpha value is -1.59. The summed E-state index contributed by atoms with van der Waals surface area (Å²) in [5, 5.41) is 15.0. The molecule has 0 aromatic heterocycles. The highest BCUT2D eigenvalue weighted by Gasteiger charge is 2.21. The van der Waals surface area contributed by atoms with Gasteiger partial charge in [-0.25, -0.2) is 4.79 Å². The number of likely N-dealkylation sites (tertiary alicyclic amines) is 1. The molecule has 1 aliphatic heterocycles. The predicted molar refractivity (Wildman–Crippen MR) is 87.7 cm³/mol. The first kappa shape index (κ1) is 16.8. The monoisotopic (exact) mass is 305 g/mol. The maximum absolute atomic E-state index is 12.2. The maximum Gasteiger partial charge on any atom is 0.315 e. The van der Waals surface area contributed by atoms with E-state index >= 15 is 0 Å². The minimum atomic E-state index is -0.132. The molecule has 0 bridgehead atoms. The first-order valence-corrected chi connectivity index (χ1v) is 8.11. The van der Waals surface area contributed by atoms with Gasteiger partial charge in [0, 0.05) is 19.2 Å². The first-order valence-electron chi connectivity index (χ1n) is 8.11. The molecule has 3 N–H and O–H groups in total. The number of carbonyl (C=O) groups excluding carboxylic acids is 1. The Kier molecular flexibility index (Phi) is 6.68. The highest BCUT2D eigenvalue weighted by atomic mass is 16.3. The van der Waals surface area contributed by atoms with Crippen LogP contribution in [0.4, 0.5) is 4.79 Å². The third-order valence-corrected chi connectivity index (χ3v) is 4.33. The van der Waals surface area contributed by atoms with Crippen molar-refractivity contribution in [2.24, 2.45) is 0 Å². The Labute approximate surface area is 132 Å². The number of rotatable bonds is 7. The van der Waals surface area contributed by atoms with Gasteiger partial charge in [-0.05, 0) is 44.8 Å². The van der Waals surface area contributed by atoms with E-state index in [9.17, 15) is 4.79 Å². The van der Waals surface area contributed by atoms with Crippen molar-refractivity contribution in [2.75, 3.05) is 26.7 Å². The Bertz CT molecular complexity index is 452. The normalized spacial score (nSPS) is 19.8. The van der Waals surface area contributed by atoms with Crippen LogP contribution in [0.1, 0.15) is 37.3 Å². The summed E-state index contributed by atoms with van der Waals surface area (Å²) in [4.78, 5) is 14.4. The number of hydrogen-bond donors (Lipinski definition) is 3. The molecule has 2 rings (SSSR count). The molecule has 5 heteroatoms. The zero-order valence-electron chi connectivity index (χ0n) is 13.3. The number of amides is 2. The highest BCUT2D eigenvalue weighted by molar-refractivity contribution is 5.74. The summed E-state index contributed by atoms with van der Waals surface area (Å²) in [6.07, 6.45) is 3.75. The lowest BCUT2D eigenvalue weighted by molar-refractivity contribution is 0.227. The van der Waals surface area contributed by atoms with Gasteiger partial charge in [-0.1, -0.05) is 30.3 Å². The third kappa shape index (κ3) is 5.00. The van der Waals surface area contributed by atoms with E-state index < -0.39 is 0 Å². The lowest BCUT2D eigenvalue weighted by Crippen LogP contribution is -2.44. The van der Waals surface area contributed by atoms with Crippen molar-refractivity contribution in [1.29, 1.82) is 0 Å². The van der Waals surface area contributed by atoms with Crippen LogP contribution in [0.5, 0.6) is 0 Å². The average Bonchev–Trinajstić information content (AvgIpc) is 2.95. The van der Waals surface area contributed by atoms with E-state index in [-0.39, 0.29) is 18.7 Å². The van der Waals surface area contributed by atoms with Crippen LogP contribution >= 0.6 is 0 Å². The maximum atomic E-state index is 12.2. The van der Waals surface area contributed by atoms with Crippen LogP contribution in [-0.2, 0) is 0 Å². The van der Waals surface area contributed by atoms with Crippen LogP contribution in [0.25, 0.3) is 0 Å². The number of benzene rings is 1. The van der Waals surface area contributed by atoms with Gasteiger partial charge in [0.2, 0.25) is 0 Å². The SMILES string of the molecule is CN1CCCC1CNC(=O)NC(CCCO)c1ccccc1. The van der Waals surface area contributed by atoms with Crippen molar-refractivity contribution >= 4 is 6.03 Å². The molecule has 2 unspecified atom stereocenters. The summed E-state index contributed by atoms with van der Waals surface area (Å²) in [7, 11) is 2.10. The number of aliphatic hydroxyl groups is 1.